The fraction of sp³-hybridized carbons (Fsp3) is 0.240. The van der Waals surface area contributed by atoms with E-state index in [1.165, 1.54) is 13.2 Å². The van der Waals surface area contributed by atoms with Crippen molar-refractivity contribution in [1.82, 2.24) is 0 Å². The van der Waals surface area contributed by atoms with Gasteiger partial charge in [0.1, 0.15) is 22.9 Å². The predicted molar refractivity (Wildman–Crippen MR) is 137 cm³/mol. The first-order chi connectivity index (χ1) is 16.3. The molecule has 34 heavy (non-hydrogen) atoms. The van der Waals surface area contributed by atoms with E-state index in [0.29, 0.717) is 23.7 Å². The van der Waals surface area contributed by atoms with Crippen molar-refractivity contribution in [2.75, 3.05) is 36.1 Å². The van der Waals surface area contributed by atoms with Gasteiger partial charge in [0.05, 0.1) is 19.4 Å². The zero-order valence-corrected chi connectivity index (χ0v) is 21.2. The Morgan fingerprint density at radius 2 is 1.79 bits per heavy atom. The van der Waals surface area contributed by atoms with Gasteiger partial charge in [-0.25, -0.2) is 8.42 Å². The minimum atomic E-state index is -4.14. The van der Waals surface area contributed by atoms with Crippen molar-refractivity contribution in [3.05, 3.63) is 72.3 Å². The Bertz CT molecular complexity index is 1240. The highest BCUT2D eigenvalue weighted by Gasteiger charge is 2.30. The molecule has 3 aromatic carbocycles. The number of hydrogen-bond donors (Lipinski definition) is 1. The summed E-state index contributed by atoms with van der Waals surface area (Å²) < 4.78 is 39.5. The molecule has 0 heterocycles. The molecule has 0 fully saturated rings. The highest BCUT2D eigenvalue weighted by Crippen LogP contribution is 2.32. The highest BCUT2D eigenvalue weighted by molar-refractivity contribution is 7.98. The summed E-state index contributed by atoms with van der Waals surface area (Å²) in [7, 11) is -2.73. The number of thioether (sulfide) groups is 1. The second-order valence-corrected chi connectivity index (χ2v) is 10.1. The van der Waals surface area contributed by atoms with Gasteiger partial charge in [0.2, 0.25) is 5.91 Å². The van der Waals surface area contributed by atoms with Crippen molar-refractivity contribution in [2.45, 2.75) is 23.6 Å². The lowest BCUT2D eigenvalue weighted by Gasteiger charge is -2.25. The lowest BCUT2D eigenvalue weighted by atomic mass is 10.2. The van der Waals surface area contributed by atoms with Crippen molar-refractivity contribution in [1.29, 1.82) is 0 Å². The Balaban J connectivity index is 2.00. The van der Waals surface area contributed by atoms with Crippen molar-refractivity contribution in [2.24, 2.45) is 0 Å². The van der Waals surface area contributed by atoms with E-state index < -0.39 is 22.5 Å². The number of hydrogen-bond acceptors (Lipinski definition) is 6. The van der Waals surface area contributed by atoms with Gasteiger partial charge in [-0.3, -0.25) is 9.10 Å². The summed E-state index contributed by atoms with van der Waals surface area (Å²) in [5.41, 5.74) is 1.68. The standard InChI is InChI=1S/C25H28N2O5S2/c1-5-32-21-12-10-20(11-13-21)27(17-25(28)26-19-7-6-8-22(16-19)33-4)34(29,30)24-15-18(2)9-14-23(24)31-3/h6-16H,5,17H2,1-4H3,(H,26,28). The van der Waals surface area contributed by atoms with Crippen LogP contribution in [-0.2, 0) is 14.8 Å². The number of ether oxygens (including phenoxy) is 2. The SMILES string of the molecule is CCOc1ccc(N(CC(=O)Nc2cccc(SC)c2)S(=O)(=O)c2cc(C)ccc2OC)cc1. The molecular formula is C25H28N2O5S2. The molecule has 1 amide bonds. The lowest BCUT2D eigenvalue weighted by Crippen LogP contribution is -2.38. The second-order valence-electron chi connectivity index (χ2n) is 7.37. The van der Waals surface area contributed by atoms with Crippen LogP contribution >= 0.6 is 11.8 Å². The van der Waals surface area contributed by atoms with Crippen LogP contribution in [0.2, 0.25) is 0 Å². The molecule has 3 rings (SSSR count). The summed E-state index contributed by atoms with van der Waals surface area (Å²) in [4.78, 5) is 14.0. The van der Waals surface area contributed by atoms with Crippen LogP contribution in [0.3, 0.4) is 0 Å². The molecule has 0 atom stereocenters. The maximum atomic E-state index is 13.8. The van der Waals surface area contributed by atoms with Crippen molar-refractivity contribution >= 4 is 39.1 Å². The van der Waals surface area contributed by atoms with Gasteiger partial charge >= 0.3 is 0 Å². The number of carbonyl (C=O) groups is 1. The number of rotatable bonds is 10. The Kier molecular flexibility index (Phi) is 8.46. The van der Waals surface area contributed by atoms with E-state index in [1.807, 2.05) is 31.4 Å². The van der Waals surface area contributed by atoms with Gasteiger partial charge in [-0.1, -0.05) is 12.1 Å². The molecule has 0 unspecified atom stereocenters. The molecule has 0 aliphatic carbocycles. The molecule has 0 bridgehead atoms. The van der Waals surface area contributed by atoms with Crippen LogP contribution in [-0.4, -0.2) is 40.8 Å². The molecule has 0 radical (unpaired) electrons. The van der Waals surface area contributed by atoms with Gasteiger partial charge in [0, 0.05) is 10.6 Å². The highest BCUT2D eigenvalue weighted by atomic mass is 32.2. The molecule has 3 aromatic rings. The maximum Gasteiger partial charge on any atom is 0.268 e. The zero-order chi connectivity index (χ0) is 24.7. The van der Waals surface area contributed by atoms with Crippen molar-refractivity contribution < 1.29 is 22.7 Å². The van der Waals surface area contributed by atoms with Crippen molar-refractivity contribution in [3.8, 4) is 11.5 Å². The third-order valence-corrected chi connectivity index (χ3v) is 7.48. The van der Waals surface area contributed by atoms with Crippen molar-refractivity contribution in [3.63, 3.8) is 0 Å². The number of carbonyl (C=O) groups excluding carboxylic acids is 1. The monoisotopic (exact) mass is 500 g/mol. The first-order valence-corrected chi connectivity index (χ1v) is 13.3. The topological polar surface area (TPSA) is 84.9 Å². The normalized spacial score (nSPS) is 11.1. The number of methoxy groups -OCH3 is 1. The molecule has 0 saturated carbocycles. The molecule has 0 saturated heterocycles. The van der Waals surface area contributed by atoms with Crippen LogP contribution in [0.5, 0.6) is 11.5 Å². The van der Waals surface area contributed by atoms with E-state index in [2.05, 4.69) is 5.32 Å². The number of amides is 1. The van der Waals surface area contributed by atoms with Gasteiger partial charge in [-0.05, 0) is 80.3 Å². The number of nitrogens with zero attached hydrogens (tertiary/aromatic N) is 1. The van der Waals surface area contributed by atoms with Gasteiger partial charge < -0.3 is 14.8 Å². The maximum absolute atomic E-state index is 13.8. The molecule has 180 valence electrons. The van der Waals surface area contributed by atoms with Gasteiger partial charge in [0.15, 0.2) is 0 Å². The molecule has 9 heteroatoms. The number of anilines is 2. The fourth-order valence-electron chi connectivity index (χ4n) is 3.33. The van der Waals surface area contributed by atoms with Crippen LogP contribution in [0, 0.1) is 6.92 Å². The van der Waals surface area contributed by atoms with E-state index in [9.17, 15) is 13.2 Å². The third kappa shape index (κ3) is 6.03. The summed E-state index contributed by atoms with van der Waals surface area (Å²) in [6.45, 7) is 3.73. The molecule has 0 spiro atoms. The second kappa shape index (κ2) is 11.3. The summed E-state index contributed by atoms with van der Waals surface area (Å²) in [6, 6.07) is 18.9. The van der Waals surface area contributed by atoms with Crippen LogP contribution in [0.4, 0.5) is 11.4 Å². The summed E-state index contributed by atoms with van der Waals surface area (Å²) in [6.07, 6.45) is 1.94. The molecule has 0 aliphatic heterocycles. The van der Waals surface area contributed by atoms with Crippen LogP contribution in [0.25, 0.3) is 0 Å². The van der Waals surface area contributed by atoms with E-state index in [4.69, 9.17) is 9.47 Å². The molecule has 0 aliphatic rings. The van der Waals surface area contributed by atoms with Gasteiger partial charge in [0.25, 0.3) is 10.0 Å². The van der Waals surface area contributed by atoms with E-state index >= 15 is 0 Å². The Morgan fingerprint density at radius 1 is 1.06 bits per heavy atom. The number of sulfonamides is 1. The number of benzene rings is 3. The molecule has 0 aromatic heterocycles. The summed E-state index contributed by atoms with van der Waals surface area (Å²) in [5.74, 6) is 0.340. The molecule has 7 nitrogen and oxygen atoms in total. The number of aryl methyl sites for hydroxylation is 1. The molecular weight excluding hydrogens is 472 g/mol. The third-order valence-electron chi connectivity index (χ3n) is 4.96. The Labute approximate surface area is 205 Å². The minimum Gasteiger partial charge on any atom is -0.495 e. The minimum absolute atomic E-state index is 0.0129. The number of nitrogens with one attached hydrogen (secondary N) is 1. The smallest absolute Gasteiger partial charge is 0.268 e. The first-order valence-electron chi connectivity index (χ1n) is 10.6. The van der Waals surface area contributed by atoms with E-state index in [-0.39, 0.29) is 10.6 Å². The van der Waals surface area contributed by atoms with Crippen LogP contribution < -0.4 is 19.1 Å². The largest absolute Gasteiger partial charge is 0.495 e. The Hall–Kier alpha value is -3.17. The van der Waals surface area contributed by atoms with Crippen LogP contribution in [0.15, 0.2) is 76.5 Å². The fourth-order valence-corrected chi connectivity index (χ4v) is 5.45. The average molecular weight is 501 g/mol. The molecule has 1 N–H and O–H groups in total. The summed E-state index contributed by atoms with van der Waals surface area (Å²) >= 11 is 1.55. The predicted octanol–water partition coefficient (Wildman–Crippen LogP) is 4.96. The Morgan fingerprint density at radius 3 is 2.44 bits per heavy atom. The lowest BCUT2D eigenvalue weighted by molar-refractivity contribution is -0.114. The van der Waals surface area contributed by atoms with Gasteiger partial charge in [-0.15, -0.1) is 11.8 Å². The quantitative estimate of drug-likeness (QED) is 0.396. The van der Waals surface area contributed by atoms with E-state index in [0.717, 1.165) is 14.8 Å². The van der Waals surface area contributed by atoms with E-state index in [1.54, 1.807) is 61.2 Å². The van der Waals surface area contributed by atoms with Gasteiger partial charge in [-0.2, -0.15) is 0 Å². The first kappa shape index (κ1) is 25.5. The average Bonchev–Trinajstić information content (AvgIpc) is 2.83. The zero-order valence-electron chi connectivity index (χ0n) is 19.6. The van der Waals surface area contributed by atoms with Crippen LogP contribution in [0.1, 0.15) is 12.5 Å². The summed E-state index contributed by atoms with van der Waals surface area (Å²) in [5, 5.41) is 2.80.